The van der Waals surface area contributed by atoms with Crippen molar-refractivity contribution in [3.8, 4) is 11.1 Å². The van der Waals surface area contributed by atoms with Gasteiger partial charge < -0.3 is 4.90 Å². The van der Waals surface area contributed by atoms with E-state index in [0.29, 0.717) is 10.0 Å². The SMILES string of the molecule is Cc1ccc(-c2ccccc2N2CCN(CCc3ccc(Cl)c(Cl)c3)CC2)cc1C. The summed E-state index contributed by atoms with van der Waals surface area (Å²) < 4.78 is 0. The van der Waals surface area contributed by atoms with Crippen LogP contribution in [0.4, 0.5) is 5.69 Å². The van der Waals surface area contributed by atoms with Crippen molar-refractivity contribution < 1.29 is 0 Å². The van der Waals surface area contributed by atoms with Gasteiger partial charge >= 0.3 is 0 Å². The number of aryl methyl sites for hydroxylation is 2. The second-order valence-electron chi connectivity index (χ2n) is 8.14. The van der Waals surface area contributed by atoms with E-state index in [1.807, 2.05) is 12.1 Å². The number of hydrogen-bond acceptors (Lipinski definition) is 2. The number of piperazine rings is 1. The van der Waals surface area contributed by atoms with Gasteiger partial charge in [-0.25, -0.2) is 0 Å². The molecular formula is C26H28Cl2N2. The minimum absolute atomic E-state index is 0.622. The van der Waals surface area contributed by atoms with Crippen LogP contribution >= 0.6 is 23.2 Å². The van der Waals surface area contributed by atoms with Crippen LogP contribution in [-0.2, 0) is 6.42 Å². The van der Waals surface area contributed by atoms with Crippen molar-refractivity contribution in [1.82, 2.24) is 4.90 Å². The van der Waals surface area contributed by atoms with Crippen LogP contribution < -0.4 is 4.90 Å². The standard InChI is InChI=1S/C26H28Cl2N2/c1-19-7-9-22(17-20(19)2)23-5-3-4-6-26(23)30-15-13-29(14-16-30)12-11-21-8-10-24(27)25(28)18-21/h3-10,17-18H,11-16H2,1-2H3. The van der Waals surface area contributed by atoms with E-state index in [4.69, 9.17) is 23.2 Å². The predicted octanol–water partition coefficient (Wildman–Crippen LogP) is 6.64. The van der Waals surface area contributed by atoms with Gasteiger partial charge in [-0.2, -0.15) is 0 Å². The molecule has 0 spiro atoms. The van der Waals surface area contributed by atoms with Crippen LogP contribution in [0.25, 0.3) is 11.1 Å². The Kier molecular flexibility index (Phi) is 6.67. The molecule has 1 aliphatic rings. The highest BCUT2D eigenvalue weighted by atomic mass is 35.5. The van der Waals surface area contributed by atoms with Gasteiger partial charge in [-0.1, -0.05) is 65.7 Å². The zero-order chi connectivity index (χ0) is 21.1. The summed E-state index contributed by atoms with van der Waals surface area (Å²) in [5.74, 6) is 0. The molecule has 0 amide bonds. The molecule has 2 nitrogen and oxygen atoms in total. The fourth-order valence-electron chi connectivity index (χ4n) is 4.10. The maximum Gasteiger partial charge on any atom is 0.0595 e. The molecule has 0 aromatic heterocycles. The molecule has 4 rings (SSSR count). The molecule has 0 bridgehead atoms. The van der Waals surface area contributed by atoms with Gasteiger partial charge in [0, 0.05) is 44.0 Å². The van der Waals surface area contributed by atoms with Crippen molar-refractivity contribution >= 4 is 28.9 Å². The first-order valence-electron chi connectivity index (χ1n) is 10.6. The van der Waals surface area contributed by atoms with Gasteiger partial charge in [-0.15, -0.1) is 0 Å². The third-order valence-corrected chi connectivity index (χ3v) is 6.87. The lowest BCUT2D eigenvalue weighted by Crippen LogP contribution is -2.47. The van der Waals surface area contributed by atoms with E-state index in [9.17, 15) is 0 Å². The summed E-state index contributed by atoms with van der Waals surface area (Å²) in [5.41, 5.74) is 7.89. The Morgan fingerprint density at radius 3 is 2.27 bits per heavy atom. The van der Waals surface area contributed by atoms with Gasteiger partial charge in [-0.3, -0.25) is 4.90 Å². The third kappa shape index (κ3) is 4.83. The van der Waals surface area contributed by atoms with Crippen LogP contribution in [0.5, 0.6) is 0 Å². The van der Waals surface area contributed by atoms with Crippen molar-refractivity contribution in [2.75, 3.05) is 37.6 Å². The minimum atomic E-state index is 0.622. The van der Waals surface area contributed by atoms with Crippen molar-refractivity contribution in [1.29, 1.82) is 0 Å². The normalized spacial score (nSPS) is 14.9. The maximum absolute atomic E-state index is 6.15. The van der Waals surface area contributed by atoms with E-state index in [0.717, 1.165) is 39.1 Å². The van der Waals surface area contributed by atoms with Gasteiger partial charge in [0.2, 0.25) is 0 Å². The van der Waals surface area contributed by atoms with E-state index in [1.165, 1.54) is 33.5 Å². The number of halogens is 2. The van der Waals surface area contributed by atoms with Crippen LogP contribution in [-0.4, -0.2) is 37.6 Å². The minimum Gasteiger partial charge on any atom is -0.368 e. The number of rotatable bonds is 5. The smallest absolute Gasteiger partial charge is 0.0595 e. The molecule has 30 heavy (non-hydrogen) atoms. The largest absolute Gasteiger partial charge is 0.368 e. The molecule has 3 aromatic carbocycles. The van der Waals surface area contributed by atoms with E-state index < -0.39 is 0 Å². The molecule has 0 N–H and O–H groups in total. The summed E-state index contributed by atoms with van der Waals surface area (Å²) >= 11 is 12.2. The highest BCUT2D eigenvalue weighted by Crippen LogP contribution is 2.32. The van der Waals surface area contributed by atoms with Gasteiger partial charge in [-0.05, 0) is 60.7 Å². The van der Waals surface area contributed by atoms with Crippen molar-refractivity contribution in [3.63, 3.8) is 0 Å². The molecule has 0 saturated carbocycles. The Morgan fingerprint density at radius 1 is 0.767 bits per heavy atom. The lowest BCUT2D eigenvalue weighted by Gasteiger charge is -2.37. The van der Waals surface area contributed by atoms with E-state index in [2.05, 4.69) is 72.2 Å². The monoisotopic (exact) mass is 438 g/mol. The van der Waals surface area contributed by atoms with Crippen LogP contribution in [0.3, 0.4) is 0 Å². The van der Waals surface area contributed by atoms with Gasteiger partial charge in [0.1, 0.15) is 0 Å². The van der Waals surface area contributed by atoms with E-state index >= 15 is 0 Å². The average Bonchev–Trinajstić information content (AvgIpc) is 2.77. The average molecular weight is 439 g/mol. The number of anilines is 1. The Balaban J connectivity index is 1.40. The highest BCUT2D eigenvalue weighted by Gasteiger charge is 2.19. The molecule has 1 fully saturated rings. The Labute approximate surface area is 190 Å². The van der Waals surface area contributed by atoms with Crippen LogP contribution in [0, 0.1) is 13.8 Å². The van der Waals surface area contributed by atoms with Gasteiger partial charge in [0.25, 0.3) is 0 Å². The molecular weight excluding hydrogens is 411 g/mol. The van der Waals surface area contributed by atoms with Crippen molar-refractivity contribution in [3.05, 3.63) is 87.4 Å². The van der Waals surface area contributed by atoms with Crippen molar-refractivity contribution in [2.24, 2.45) is 0 Å². The Hall–Kier alpha value is -2.00. The Morgan fingerprint density at radius 2 is 1.53 bits per heavy atom. The summed E-state index contributed by atoms with van der Waals surface area (Å²) in [7, 11) is 0. The highest BCUT2D eigenvalue weighted by molar-refractivity contribution is 6.42. The summed E-state index contributed by atoms with van der Waals surface area (Å²) in [6.45, 7) is 9.64. The van der Waals surface area contributed by atoms with E-state index in [1.54, 1.807) is 0 Å². The van der Waals surface area contributed by atoms with Gasteiger partial charge in [0.05, 0.1) is 10.0 Å². The van der Waals surface area contributed by atoms with Crippen molar-refractivity contribution in [2.45, 2.75) is 20.3 Å². The summed E-state index contributed by atoms with van der Waals surface area (Å²) in [6, 6.07) is 21.5. The van der Waals surface area contributed by atoms with E-state index in [-0.39, 0.29) is 0 Å². The number of para-hydroxylation sites is 1. The topological polar surface area (TPSA) is 6.48 Å². The predicted molar refractivity (Wildman–Crippen MR) is 130 cm³/mol. The van der Waals surface area contributed by atoms with Crippen LogP contribution in [0.15, 0.2) is 60.7 Å². The quantitative estimate of drug-likeness (QED) is 0.440. The zero-order valence-electron chi connectivity index (χ0n) is 17.7. The summed E-state index contributed by atoms with van der Waals surface area (Å²) in [6.07, 6.45) is 0.996. The lowest BCUT2D eigenvalue weighted by molar-refractivity contribution is 0.261. The molecule has 0 atom stereocenters. The van der Waals surface area contributed by atoms with Gasteiger partial charge in [0.15, 0.2) is 0 Å². The second kappa shape index (κ2) is 9.43. The first-order chi connectivity index (χ1) is 14.5. The number of hydrogen-bond donors (Lipinski definition) is 0. The summed E-state index contributed by atoms with van der Waals surface area (Å²) in [5, 5.41) is 1.26. The molecule has 0 radical (unpaired) electrons. The van der Waals surface area contributed by atoms with Crippen LogP contribution in [0.2, 0.25) is 10.0 Å². The molecule has 0 aliphatic carbocycles. The molecule has 1 heterocycles. The molecule has 1 aliphatic heterocycles. The molecule has 1 saturated heterocycles. The first kappa shape index (κ1) is 21.2. The second-order valence-corrected chi connectivity index (χ2v) is 8.96. The first-order valence-corrected chi connectivity index (χ1v) is 11.3. The number of nitrogens with zero attached hydrogens (tertiary/aromatic N) is 2. The molecule has 4 heteroatoms. The fourth-order valence-corrected chi connectivity index (χ4v) is 4.42. The zero-order valence-corrected chi connectivity index (χ0v) is 19.2. The van der Waals surface area contributed by atoms with Crippen LogP contribution in [0.1, 0.15) is 16.7 Å². The molecule has 3 aromatic rings. The maximum atomic E-state index is 6.15. The molecule has 156 valence electrons. The number of benzene rings is 3. The molecule has 0 unspecified atom stereocenters. The lowest BCUT2D eigenvalue weighted by atomic mass is 9.98. The Bertz CT molecular complexity index is 1020. The third-order valence-electron chi connectivity index (χ3n) is 6.14. The summed E-state index contributed by atoms with van der Waals surface area (Å²) in [4.78, 5) is 5.07. The fraction of sp³-hybridized carbons (Fsp3) is 0.308.